The molecule has 7 nitrogen and oxygen atoms in total. The van der Waals surface area contributed by atoms with E-state index in [4.69, 9.17) is 14.5 Å². The molecule has 0 aliphatic carbocycles. The van der Waals surface area contributed by atoms with Crippen LogP contribution in [0.2, 0.25) is 0 Å². The molecule has 0 saturated carbocycles. The lowest BCUT2D eigenvalue weighted by atomic mass is 10.0. The number of rotatable bonds is 8. The lowest BCUT2D eigenvalue weighted by Gasteiger charge is -2.30. The van der Waals surface area contributed by atoms with Crippen molar-refractivity contribution < 1.29 is 18.7 Å². The Labute approximate surface area is 228 Å². The molecular formula is C28H28FN3O4S2. The van der Waals surface area contributed by atoms with Gasteiger partial charge in [-0.2, -0.15) is 0 Å². The summed E-state index contributed by atoms with van der Waals surface area (Å²) in [7, 11) is 2.96. The fourth-order valence-electron chi connectivity index (χ4n) is 4.59. The van der Waals surface area contributed by atoms with E-state index < -0.39 is 5.82 Å². The minimum atomic E-state index is -0.599. The number of halogens is 1. The van der Waals surface area contributed by atoms with Crippen LogP contribution in [0.1, 0.15) is 34.6 Å². The lowest BCUT2D eigenvalue weighted by molar-refractivity contribution is 0.102. The maximum atomic E-state index is 14.2. The van der Waals surface area contributed by atoms with E-state index in [1.807, 2.05) is 0 Å². The van der Waals surface area contributed by atoms with Crippen molar-refractivity contribution in [2.24, 2.45) is 0 Å². The molecule has 0 spiro atoms. The van der Waals surface area contributed by atoms with E-state index in [0.717, 1.165) is 41.7 Å². The van der Waals surface area contributed by atoms with Gasteiger partial charge in [0, 0.05) is 29.6 Å². The lowest BCUT2D eigenvalue weighted by Crippen LogP contribution is -2.35. The maximum absolute atomic E-state index is 14.2. The number of methoxy groups -OCH3 is 2. The Kier molecular flexibility index (Phi) is 7.56. The SMILES string of the molecule is COc1ccc(-n2c(SCC(=O)c3ccc(OC)c(F)c3)nc3sc4c(c3c2=O)CCN(C(C)C)C4)cc1. The van der Waals surface area contributed by atoms with Gasteiger partial charge in [0.2, 0.25) is 0 Å². The van der Waals surface area contributed by atoms with Crippen LogP contribution >= 0.6 is 23.1 Å². The molecule has 1 aliphatic heterocycles. The largest absolute Gasteiger partial charge is 0.497 e. The van der Waals surface area contributed by atoms with E-state index in [0.29, 0.717) is 32.9 Å². The summed E-state index contributed by atoms with van der Waals surface area (Å²) in [5.41, 5.74) is 1.79. The topological polar surface area (TPSA) is 73.7 Å². The summed E-state index contributed by atoms with van der Waals surface area (Å²) < 4.78 is 26.0. The first-order chi connectivity index (χ1) is 18.3. The Bertz CT molecular complexity index is 1560. The van der Waals surface area contributed by atoms with Gasteiger partial charge in [0.1, 0.15) is 10.6 Å². The third-order valence-corrected chi connectivity index (χ3v) is 8.79. The highest BCUT2D eigenvalue weighted by molar-refractivity contribution is 7.99. The van der Waals surface area contributed by atoms with Crippen molar-refractivity contribution in [2.75, 3.05) is 26.5 Å². The van der Waals surface area contributed by atoms with Crippen molar-refractivity contribution in [3.63, 3.8) is 0 Å². The monoisotopic (exact) mass is 553 g/mol. The number of thioether (sulfide) groups is 1. The van der Waals surface area contributed by atoms with Crippen LogP contribution in [0, 0.1) is 5.82 Å². The van der Waals surface area contributed by atoms with Crippen LogP contribution in [-0.2, 0) is 13.0 Å². The third kappa shape index (κ3) is 4.95. The summed E-state index contributed by atoms with van der Waals surface area (Å²) in [6, 6.07) is 11.7. The van der Waals surface area contributed by atoms with E-state index in [-0.39, 0.29) is 28.4 Å². The van der Waals surface area contributed by atoms with Crippen molar-refractivity contribution in [1.29, 1.82) is 0 Å². The van der Waals surface area contributed by atoms with Crippen molar-refractivity contribution in [2.45, 2.75) is 38.0 Å². The normalized spacial score (nSPS) is 13.6. The Morgan fingerprint density at radius 1 is 1.16 bits per heavy atom. The number of carbonyl (C=O) groups is 1. The molecule has 0 fully saturated rings. The third-order valence-electron chi connectivity index (χ3n) is 6.74. The van der Waals surface area contributed by atoms with Crippen LogP contribution in [0.3, 0.4) is 0 Å². The molecule has 38 heavy (non-hydrogen) atoms. The molecule has 3 heterocycles. The van der Waals surface area contributed by atoms with E-state index >= 15 is 0 Å². The minimum absolute atomic E-state index is 0.00785. The van der Waals surface area contributed by atoms with Crippen LogP contribution < -0.4 is 15.0 Å². The highest BCUT2D eigenvalue weighted by Gasteiger charge is 2.27. The Morgan fingerprint density at radius 3 is 2.58 bits per heavy atom. The molecule has 0 unspecified atom stereocenters. The summed E-state index contributed by atoms with van der Waals surface area (Å²) in [5, 5.41) is 1.06. The van der Waals surface area contributed by atoms with Gasteiger partial charge < -0.3 is 9.47 Å². The second-order valence-corrected chi connectivity index (χ2v) is 11.3. The van der Waals surface area contributed by atoms with E-state index in [2.05, 4.69) is 18.7 Å². The zero-order chi connectivity index (χ0) is 27.0. The molecule has 198 valence electrons. The van der Waals surface area contributed by atoms with Crippen LogP contribution in [0.4, 0.5) is 4.39 Å². The Hall–Kier alpha value is -3.21. The average Bonchev–Trinajstić information content (AvgIpc) is 3.29. The molecule has 0 bridgehead atoms. The number of Topliss-reactive ketones (excluding diaryl/α,β-unsaturated/α-hetero) is 1. The van der Waals surface area contributed by atoms with Gasteiger partial charge >= 0.3 is 0 Å². The number of benzene rings is 2. The van der Waals surface area contributed by atoms with Crippen LogP contribution in [0.25, 0.3) is 15.9 Å². The summed E-state index contributed by atoms with van der Waals surface area (Å²) in [4.78, 5) is 36.1. The molecule has 5 rings (SSSR count). The van der Waals surface area contributed by atoms with Gasteiger partial charge in [-0.05, 0) is 68.3 Å². The maximum Gasteiger partial charge on any atom is 0.267 e. The van der Waals surface area contributed by atoms with Gasteiger partial charge in [0.15, 0.2) is 22.5 Å². The zero-order valence-electron chi connectivity index (χ0n) is 21.6. The zero-order valence-corrected chi connectivity index (χ0v) is 23.2. The molecule has 2 aromatic heterocycles. The van der Waals surface area contributed by atoms with Crippen LogP contribution in [0.15, 0.2) is 52.4 Å². The first kappa shape index (κ1) is 26.4. The predicted octanol–water partition coefficient (Wildman–Crippen LogP) is 5.35. The summed E-state index contributed by atoms with van der Waals surface area (Å²) in [6.07, 6.45) is 0.793. The number of nitrogens with zero attached hydrogens (tertiary/aromatic N) is 3. The predicted molar refractivity (Wildman–Crippen MR) is 149 cm³/mol. The minimum Gasteiger partial charge on any atom is -0.497 e. The number of carbonyl (C=O) groups excluding carboxylic acids is 1. The van der Waals surface area contributed by atoms with Gasteiger partial charge in [-0.1, -0.05) is 11.8 Å². The number of aromatic nitrogens is 2. The average molecular weight is 554 g/mol. The number of ether oxygens (including phenoxy) is 2. The fourth-order valence-corrected chi connectivity index (χ4v) is 6.79. The number of hydrogen-bond acceptors (Lipinski definition) is 8. The second kappa shape index (κ2) is 10.9. The number of fused-ring (bicyclic) bond motifs is 3. The van der Waals surface area contributed by atoms with Crippen molar-refractivity contribution in [3.8, 4) is 17.2 Å². The number of hydrogen-bond donors (Lipinski definition) is 0. The van der Waals surface area contributed by atoms with Gasteiger partial charge in [-0.25, -0.2) is 9.37 Å². The first-order valence-electron chi connectivity index (χ1n) is 12.3. The van der Waals surface area contributed by atoms with Gasteiger partial charge in [0.05, 0.1) is 31.0 Å². The molecule has 0 amide bonds. The smallest absolute Gasteiger partial charge is 0.267 e. The molecule has 2 aromatic carbocycles. The second-order valence-electron chi connectivity index (χ2n) is 9.29. The van der Waals surface area contributed by atoms with E-state index in [1.165, 1.54) is 25.3 Å². The summed E-state index contributed by atoms with van der Waals surface area (Å²) in [5.74, 6) is -0.134. The Balaban J connectivity index is 1.56. The first-order valence-corrected chi connectivity index (χ1v) is 14.1. The van der Waals surface area contributed by atoms with E-state index in [9.17, 15) is 14.0 Å². The standard InChI is InChI=1S/C28H28FN3O4S2/c1-16(2)31-12-11-20-24(14-31)38-26-25(20)27(34)32(18-6-8-19(35-3)9-7-18)28(30-26)37-15-22(33)17-5-10-23(36-4)21(29)13-17/h5-10,13,16H,11-12,14-15H2,1-4H3. The molecule has 0 radical (unpaired) electrons. The van der Waals surface area contributed by atoms with Gasteiger partial charge in [0.25, 0.3) is 5.56 Å². The molecule has 0 atom stereocenters. The van der Waals surface area contributed by atoms with E-state index in [1.54, 1.807) is 47.3 Å². The number of ketones is 1. The quantitative estimate of drug-likeness (QED) is 0.166. The molecule has 0 N–H and O–H groups in total. The molecule has 0 saturated heterocycles. The van der Waals surface area contributed by atoms with Crippen molar-refractivity contribution in [1.82, 2.24) is 14.5 Å². The van der Waals surface area contributed by atoms with Crippen LogP contribution in [-0.4, -0.2) is 52.8 Å². The fraction of sp³-hybridized carbons (Fsp3) is 0.321. The van der Waals surface area contributed by atoms with Crippen molar-refractivity contribution in [3.05, 3.63) is 74.6 Å². The van der Waals surface area contributed by atoms with Crippen molar-refractivity contribution >= 4 is 39.1 Å². The molecule has 1 aliphatic rings. The summed E-state index contributed by atoms with van der Waals surface area (Å²) >= 11 is 2.71. The summed E-state index contributed by atoms with van der Waals surface area (Å²) in [6.45, 7) is 6.03. The highest BCUT2D eigenvalue weighted by atomic mass is 32.2. The van der Waals surface area contributed by atoms with Crippen LogP contribution in [0.5, 0.6) is 11.5 Å². The number of thiophene rings is 1. The highest BCUT2D eigenvalue weighted by Crippen LogP contribution is 2.35. The van der Waals surface area contributed by atoms with Gasteiger partial charge in [-0.15, -0.1) is 11.3 Å². The Morgan fingerprint density at radius 2 is 1.92 bits per heavy atom. The molecular weight excluding hydrogens is 525 g/mol. The molecule has 4 aromatic rings. The molecule has 10 heteroatoms. The van der Waals surface area contributed by atoms with Gasteiger partial charge in [-0.3, -0.25) is 19.1 Å².